The summed E-state index contributed by atoms with van der Waals surface area (Å²) >= 11 is 3.28. The van der Waals surface area contributed by atoms with E-state index in [2.05, 4.69) is 21.0 Å². The predicted molar refractivity (Wildman–Crippen MR) is 76.1 cm³/mol. The summed E-state index contributed by atoms with van der Waals surface area (Å²) in [5, 5.41) is 4.13. The average Bonchev–Trinajstić information content (AvgIpc) is 2.79. The number of carbonyl (C=O) groups is 1. The molecule has 0 saturated heterocycles. The van der Waals surface area contributed by atoms with Crippen LogP contribution in [0.25, 0.3) is 0 Å². The number of hydrogen-bond acceptors (Lipinski definition) is 2. The van der Waals surface area contributed by atoms with Crippen molar-refractivity contribution < 1.29 is 18.0 Å². The van der Waals surface area contributed by atoms with Gasteiger partial charge < -0.3 is 0 Å². The third-order valence-corrected chi connectivity index (χ3v) is 4.56. The van der Waals surface area contributed by atoms with Gasteiger partial charge in [0.15, 0.2) is 5.78 Å². The molecule has 7 heteroatoms. The van der Waals surface area contributed by atoms with Gasteiger partial charge in [0.1, 0.15) is 5.69 Å². The summed E-state index contributed by atoms with van der Waals surface area (Å²) in [7, 11) is 0. The molecule has 3 nitrogen and oxygen atoms in total. The molecule has 0 aromatic carbocycles. The molecule has 1 aliphatic carbocycles. The lowest BCUT2D eigenvalue weighted by molar-refractivity contribution is -0.184. The maximum atomic E-state index is 12.9. The first-order valence-corrected chi connectivity index (χ1v) is 7.85. The van der Waals surface area contributed by atoms with Gasteiger partial charge in [0.25, 0.3) is 0 Å². The van der Waals surface area contributed by atoms with E-state index in [1.54, 1.807) is 4.68 Å². The molecule has 1 aromatic heterocycles. The molecule has 2 atom stereocenters. The van der Waals surface area contributed by atoms with E-state index in [-0.39, 0.29) is 24.7 Å². The molecule has 1 aliphatic rings. The Bertz CT molecular complexity index is 525. The smallest absolute Gasteiger partial charge is 0.292 e. The fourth-order valence-corrected chi connectivity index (χ4v) is 3.35. The Kier molecular flexibility index (Phi) is 4.80. The summed E-state index contributed by atoms with van der Waals surface area (Å²) in [5.74, 6) is -2.17. The molecule has 2 rings (SSSR count). The van der Waals surface area contributed by atoms with Gasteiger partial charge in [0.05, 0.1) is 16.6 Å². The van der Waals surface area contributed by atoms with E-state index in [1.165, 1.54) is 6.20 Å². The Morgan fingerprint density at radius 3 is 2.67 bits per heavy atom. The average molecular weight is 367 g/mol. The highest BCUT2D eigenvalue weighted by Gasteiger charge is 2.44. The van der Waals surface area contributed by atoms with Crippen LogP contribution < -0.4 is 0 Å². The minimum absolute atomic E-state index is 0.0164. The van der Waals surface area contributed by atoms with Crippen molar-refractivity contribution in [3.8, 4) is 0 Å². The largest absolute Gasteiger partial charge is 0.391 e. The van der Waals surface area contributed by atoms with Gasteiger partial charge in [-0.2, -0.15) is 18.3 Å². The lowest BCUT2D eigenvalue weighted by Crippen LogP contribution is -2.32. The zero-order valence-electron chi connectivity index (χ0n) is 12.0. The summed E-state index contributed by atoms with van der Waals surface area (Å²) in [6.07, 6.45) is -1.73. The molecule has 0 aliphatic heterocycles. The second kappa shape index (κ2) is 6.10. The number of carbonyl (C=O) groups excluding carboxylic acids is 1. The Balaban J connectivity index is 2.22. The molecule has 1 aromatic rings. The molecular weight excluding hydrogens is 349 g/mol. The minimum Gasteiger partial charge on any atom is -0.292 e. The van der Waals surface area contributed by atoms with Crippen molar-refractivity contribution in [1.29, 1.82) is 0 Å². The van der Waals surface area contributed by atoms with Crippen LogP contribution >= 0.6 is 15.9 Å². The minimum atomic E-state index is -4.21. The van der Waals surface area contributed by atoms with Crippen LogP contribution in [0.4, 0.5) is 13.2 Å². The molecule has 21 heavy (non-hydrogen) atoms. The highest BCUT2D eigenvalue weighted by molar-refractivity contribution is 9.10. The van der Waals surface area contributed by atoms with Crippen LogP contribution in [-0.2, 0) is 0 Å². The van der Waals surface area contributed by atoms with Crippen LogP contribution in [-0.4, -0.2) is 21.7 Å². The number of ketones is 1. The number of alkyl halides is 3. The molecule has 118 valence electrons. The van der Waals surface area contributed by atoms with Gasteiger partial charge >= 0.3 is 6.18 Å². The van der Waals surface area contributed by atoms with Gasteiger partial charge in [-0.3, -0.25) is 9.48 Å². The van der Waals surface area contributed by atoms with Crippen LogP contribution in [0, 0.1) is 11.8 Å². The summed E-state index contributed by atoms with van der Waals surface area (Å²) in [4.78, 5) is 12.6. The van der Waals surface area contributed by atoms with Gasteiger partial charge in [-0.25, -0.2) is 0 Å². The first kappa shape index (κ1) is 16.5. The quantitative estimate of drug-likeness (QED) is 0.721. The zero-order chi connectivity index (χ0) is 15.8. The van der Waals surface area contributed by atoms with Gasteiger partial charge in [-0.1, -0.05) is 6.42 Å². The number of aromatic nitrogens is 2. The van der Waals surface area contributed by atoms with Gasteiger partial charge in [0.2, 0.25) is 0 Å². The van der Waals surface area contributed by atoms with Crippen LogP contribution in [0.2, 0.25) is 0 Å². The second-order valence-electron chi connectivity index (χ2n) is 5.85. The maximum absolute atomic E-state index is 12.9. The van der Waals surface area contributed by atoms with E-state index < -0.39 is 18.0 Å². The summed E-state index contributed by atoms with van der Waals surface area (Å²) in [6.45, 7) is 3.77. The van der Waals surface area contributed by atoms with Crippen molar-refractivity contribution in [2.24, 2.45) is 11.8 Å². The van der Waals surface area contributed by atoms with Crippen molar-refractivity contribution >= 4 is 21.7 Å². The van der Waals surface area contributed by atoms with Crippen molar-refractivity contribution in [1.82, 2.24) is 9.78 Å². The first-order valence-electron chi connectivity index (χ1n) is 7.05. The lowest BCUT2D eigenvalue weighted by atomic mass is 9.78. The fraction of sp³-hybridized carbons (Fsp3) is 0.714. The fourth-order valence-electron chi connectivity index (χ4n) is 2.88. The highest BCUT2D eigenvalue weighted by Crippen LogP contribution is 2.41. The highest BCUT2D eigenvalue weighted by atomic mass is 79.9. The second-order valence-corrected chi connectivity index (χ2v) is 6.70. The Labute approximate surface area is 130 Å². The van der Waals surface area contributed by atoms with Crippen LogP contribution in [0.5, 0.6) is 0 Å². The summed E-state index contributed by atoms with van der Waals surface area (Å²) < 4.78 is 40.7. The van der Waals surface area contributed by atoms with Crippen LogP contribution in [0.1, 0.15) is 56.1 Å². The molecule has 1 saturated carbocycles. The lowest BCUT2D eigenvalue weighted by Gasteiger charge is -2.30. The molecule has 1 fully saturated rings. The zero-order valence-corrected chi connectivity index (χ0v) is 13.5. The molecule has 0 bridgehead atoms. The number of Topliss-reactive ketones (excluding diaryl/α,β-unsaturated/α-hetero) is 1. The van der Waals surface area contributed by atoms with Crippen molar-refractivity contribution in [2.45, 2.75) is 51.7 Å². The molecule has 0 amide bonds. The van der Waals surface area contributed by atoms with Crippen molar-refractivity contribution in [2.75, 3.05) is 0 Å². The van der Waals surface area contributed by atoms with E-state index in [0.717, 1.165) is 0 Å². The molecule has 2 unspecified atom stereocenters. The van der Waals surface area contributed by atoms with Crippen molar-refractivity contribution in [3.63, 3.8) is 0 Å². The van der Waals surface area contributed by atoms with E-state index in [1.807, 2.05) is 13.8 Å². The molecule has 0 N–H and O–H groups in total. The third kappa shape index (κ3) is 3.49. The number of halogens is 4. The third-order valence-electron chi connectivity index (χ3n) is 3.98. The normalized spacial score (nSPS) is 23.6. The van der Waals surface area contributed by atoms with Crippen molar-refractivity contribution in [3.05, 3.63) is 16.4 Å². The summed E-state index contributed by atoms with van der Waals surface area (Å²) in [6, 6.07) is -0.0164. The Morgan fingerprint density at radius 2 is 2.10 bits per heavy atom. The number of hydrogen-bond donors (Lipinski definition) is 0. The molecule has 1 heterocycles. The predicted octanol–water partition coefficient (Wildman–Crippen LogP) is 4.78. The standard InChI is InChI=1S/C14H18BrF3N2O/c1-8(2)20-12(11(15)7-19-20)13(21)9-4-3-5-10(6-9)14(16,17)18/h7-10H,3-6H2,1-2H3. The summed E-state index contributed by atoms with van der Waals surface area (Å²) in [5.41, 5.74) is 0.387. The van der Waals surface area contributed by atoms with Crippen LogP contribution in [0.15, 0.2) is 10.7 Å². The van der Waals surface area contributed by atoms with E-state index in [4.69, 9.17) is 0 Å². The topological polar surface area (TPSA) is 34.9 Å². The van der Waals surface area contributed by atoms with Gasteiger partial charge in [0, 0.05) is 12.0 Å². The Hall–Kier alpha value is -0.850. The number of rotatable bonds is 3. The first-order chi connectivity index (χ1) is 9.71. The van der Waals surface area contributed by atoms with E-state index in [9.17, 15) is 18.0 Å². The maximum Gasteiger partial charge on any atom is 0.391 e. The van der Waals surface area contributed by atoms with E-state index in [0.29, 0.717) is 23.0 Å². The SMILES string of the molecule is CC(C)n1ncc(Br)c1C(=O)C1CCCC(C(F)(F)F)C1. The van der Waals surface area contributed by atoms with E-state index >= 15 is 0 Å². The van der Waals surface area contributed by atoms with Crippen LogP contribution in [0.3, 0.4) is 0 Å². The molecular formula is C14H18BrF3N2O. The van der Waals surface area contributed by atoms with Gasteiger partial charge in [-0.05, 0) is 49.0 Å². The molecule has 0 spiro atoms. The monoisotopic (exact) mass is 366 g/mol. The van der Waals surface area contributed by atoms with Gasteiger partial charge in [-0.15, -0.1) is 0 Å². The number of nitrogens with zero attached hydrogens (tertiary/aromatic N) is 2. The Morgan fingerprint density at radius 1 is 1.43 bits per heavy atom. The molecule has 0 radical (unpaired) electrons.